The van der Waals surface area contributed by atoms with Gasteiger partial charge in [0.05, 0.1) is 4.34 Å². The molecule has 3 aromatic heterocycles. The molecule has 1 unspecified atom stereocenters. The van der Waals surface area contributed by atoms with Crippen LogP contribution in [-0.4, -0.2) is 10.1 Å². The Bertz CT molecular complexity index is 1030. The molecular weight excluding hydrogens is 389 g/mol. The number of nitrogens with zero attached hydrogens (tertiary/aromatic N) is 1. The van der Waals surface area contributed by atoms with Gasteiger partial charge in [-0.2, -0.15) is 0 Å². The lowest BCUT2D eigenvalue weighted by atomic mass is 9.96. The van der Waals surface area contributed by atoms with E-state index >= 15 is 0 Å². The fraction of sp³-hybridized carbons (Fsp3) is 0.0500. The van der Waals surface area contributed by atoms with Gasteiger partial charge >= 0.3 is 0 Å². The molecule has 0 radical (unpaired) electrons. The molecule has 0 bridgehead atoms. The summed E-state index contributed by atoms with van der Waals surface area (Å²) in [6, 6.07) is 14.7. The van der Waals surface area contributed by atoms with Crippen LogP contribution >= 0.6 is 34.5 Å². The number of hydrogen-bond acceptors (Lipinski definition) is 4. The first-order valence-corrected chi connectivity index (χ1v) is 9.42. The highest BCUT2D eigenvalue weighted by atomic mass is 35.5. The van der Waals surface area contributed by atoms with Gasteiger partial charge in [0.1, 0.15) is 18.1 Å². The molecule has 6 heteroatoms. The first kappa shape index (κ1) is 17.3. The summed E-state index contributed by atoms with van der Waals surface area (Å²) in [5.74, 6) is 0.595. The van der Waals surface area contributed by atoms with Crippen molar-refractivity contribution in [1.82, 2.24) is 4.98 Å². The zero-order valence-electron chi connectivity index (χ0n) is 13.4. The summed E-state index contributed by atoms with van der Waals surface area (Å²) < 4.78 is 6.55. The molecule has 0 spiro atoms. The number of rotatable bonds is 4. The molecule has 0 saturated heterocycles. The monoisotopic (exact) mass is 401 g/mol. The predicted molar refractivity (Wildman–Crippen MR) is 106 cm³/mol. The van der Waals surface area contributed by atoms with Crippen molar-refractivity contribution >= 4 is 34.5 Å². The molecule has 1 aromatic carbocycles. The van der Waals surface area contributed by atoms with Gasteiger partial charge in [0, 0.05) is 44.5 Å². The Morgan fingerprint density at radius 1 is 1.04 bits per heavy atom. The van der Waals surface area contributed by atoms with E-state index in [9.17, 15) is 5.11 Å². The molecule has 0 saturated carbocycles. The minimum atomic E-state index is -0.885. The van der Waals surface area contributed by atoms with E-state index in [1.54, 1.807) is 36.9 Å². The van der Waals surface area contributed by atoms with E-state index in [0.717, 1.165) is 16.0 Å². The summed E-state index contributed by atoms with van der Waals surface area (Å²) in [5, 5.41) is 11.7. The fourth-order valence-electron chi connectivity index (χ4n) is 2.82. The SMILES string of the molecule is OC(c1cccnc1)c1c(-c2ccc(Cl)s2)coc1-c1ccc(Cl)cc1. The maximum absolute atomic E-state index is 11.1. The van der Waals surface area contributed by atoms with Crippen molar-refractivity contribution in [3.05, 3.63) is 87.7 Å². The molecule has 0 fully saturated rings. The van der Waals surface area contributed by atoms with Gasteiger partial charge in [-0.15, -0.1) is 11.3 Å². The Morgan fingerprint density at radius 2 is 1.85 bits per heavy atom. The van der Waals surface area contributed by atoms with Crippen LogP contribution in [0.15, 0.2) is 71.6 Å². The number of furan rings is 1. The predicted octanol–water partition coefficient (Wildman–Crippen LogP) is 6.46. The molecule has 0 aliphatic rings. The first-order valence-electron chi connectivity index (χ1n) is 7.84. The molecule has 0 aliphatic carbocycles. The number of aliphatic hydroxyl groups excluding tert-OH is 1. The van der Waals surface area contributed by atoms with Gasteiger partial charge in [0.2, 0.25) is 0 Å². The van der Waals surface area contributed by atoms with Crippen LogP contribution < -0.4 is 0 Å². The molecule has 0 amide bonds. The number of halogens is 2. The topological polar surface area (TPSA) is 46.3 Å². The van der Waals surface area contributed by atoms with Crippen molar-refractivity contribution in [2.45, 2.75) is 6.10 Å². The normalized spacial score (nSPS) is 12.3. The van der Waals surface area contributed by atoms with Crippen molar-refractivity contribution in [3.8, 4) is 21.8 Å². The summed E-state index contributed by atoms with van der Waals surface area (Å²) in [5.41, 5.74) is 3.01. The van der Waals surface area contributed by atoms with E-state index in [1.807, 2.05) is 30.3 Å². The van der Waals surface area contributed by atoms with Crippen LogP contribution in [0.5, 0.6) is 0 Å². The van der Waals surface area contributed by atoms with Crippen molar-refractivity contribution in [3.63, 3.8) is 0 Å². The van der Waals surface area contributed by atoms with E-state index < -0.39 is 6.10 Å². The van der Waals surface area contributed by atoms with Crippen LogP contribution in [0.1, 0.15) is 17.2 Å². The van der Waals surface area contributed by atoms with Gasteiger partial charge in [-0.1, -0.05) is 29.3 Å². The van der Waals surface area contributed by atoms with Crippen molar-refractivity contribution in [2.75, 3.05) is 0 Å². The minimum Gasteiger partial charge on any atom is -0.463 e. The third kappa shape index (κ3) is 3.29. The average Bonchev–Trinajstić information content (AvgIpc) is 3.28. The van der Waals surface area contributed by atoms with Gasteiger partial charge in [0.15, 0.2) is 0 Å². The molecule has 4 rings (SSSR count). The number of aliphatic hydroxyl groups is 1. The molecule has 26 heavy (non-hydrogen) atoms. The zero-order chi connectivity index (χ0) is 18.1. The van der Waals surface area contributed by atoms with Crippen LogP contribution in [-0.2, 0) is 0 Å². The molecular formula is C20H13Cl2NO2S. The molecule has 0 aliphatic heterocycles. The van der Waals surface area contributed by atoms with Gasteiger partial charge < -0.3 is 9.52 Å². The number of benzene rings is 1. The minimum absolute atomic E-state index is 0.595. The summed E-state index contributed by atoms with van der Waals surface area (Å²) in [6.07, 6.45) is 4.09. The van der Waals surface area contributed by atoms with Crippen LogP contribution in [0, 0.1) is 0 Å². The molecule has 1 N–H and O–H groups in total. The Balaban J connectivity index is 1.90. The van der Waals surface area contributed by atoms with E-state index in [0.29, 0.717) is 26.2 Å². The number of hydrogen-bond donors (Lipinski definition) is 1. The highest BCUT2D eigenvalue weighted by Gasteiger charge is 2.25. The van der Waals surface area contributed by atoms with Gasteiger partial charge in [0.25, 0.3) is 0 Å². The average molecular weight is 402 g/mol. The van der Waals surface area contributed by atoms with Gasteiger partial charge in [-0.3, -0.25) is 4.98 Å². The highest BCUT2D eigenvalue weighted by molar-refractivity contribution is 7.19. The molecule has 4 aromatic rings. The standard InChI is InChI=1S/C20H13Cl2NO2S/c21-14-5-3-12(4-6-14)20-18(19(24)13-2-1-9-23-10-13)15(11-25-20)16-7-8-17(22)26-16/h1-11,19,24H. The Morgan fingerprint density at radius 3 is 2.50 bits per heavy atom. The van der Waals surface area contributed by atoms with Crippen LogP contribution in [0.25, 0.3) is 21.8 Å². The Labute approximate surface area is 164 Å². The second-order valence-electron chi connectivity index (χ2n) is 5.69. The maximum atomic E-state index is 11.1. The summed E-state index contributed by atoms with van der Waals surface area (Å²) in [7, 11) is 0. The number of thiophene rings is 1. The van der Waals surface area contributed by atoms with E-state index in [1.165, 1.54) is 11.3 Å². The lowest BCUT2D eigenvalue weighted by molar-refractivity contribution is 0.220. The maximum Gasteiger partial charge on any atom is 0.140 e. The van der Waals surface area contributed by atoms with E-state index in [2.05, 4.69) is 4.98 Å². The van der Waals surface area contributed by atoms with Crippen LogP contribution in [0.3, 0.4) is 0 Å². The second-order valence-corrected chi connectivity index (χ2v) is 7.84. The summed E-state index contributed by atoms with van der Waals surface area (Å²) in [6.45, 7) is 0. The van der Waals surface area contributed by atoms with Crippen molar-refractivity contribution in [2.24, 2.45) is 0 Å². The fourth-order valence-corrected chi connectivity index (χ4v) is 4.01. The highest BCUT2D eigenvalue weighted by Crippen LogP contribution is 2.43. The van der Waals surface area contributed by atoms with Crippen LogP contribution in [0.2, 0.25) is 9.36 Å². The molecule has 3 nitrogen and oxygen atoms in total. The summed E-state index contributed by atoms with van der Waals surface area (Å²) in [4.78, 5) is 5.04. The summed E-state index contributed by atoms with van der Waals surface area (Å²) >= 11 is 13.5. The third-order valence-electron chi connectivity index (χ3n) is 4.05. The largest absolute Gasteiger partial charge is 0.463 e. The van der Waals surface area contributed by atoms with E-state index in [4.69, 9.17) is 27.6 Å². The molecule has 1 atom stereocenters. The van der Waals surface area contributed by atoms with Crippen LogP contribution in [0.4, 0.5) is 0 Å². The molecule has 130 valence electrons. The van der Waals surface area contributed by atoms with Gasteiger partial charge in [-0.05, 0) is 42.5 Å². The lowest BCUT2D eigenvalue weighted by Crippen LogP contribution is -2.02. The van der Waals surface area contributed by atoms with Gasteiger partial charge in [-0.25, -0.2) is 0 Å². The molecule has 3 heterocycles. The Kier molecular flexibility index (Phi) is 4.83. The smallest absolute Gasteiger partial charge is 0.140 e. The Hall–Kier alpha value is -2.11. The van der Waals surface area contributed by atoms with E-state index in [-0.39, 0.29) is 0 Å². The second kappa shape index (κ2) is 7.25. The lowest BCUT2D eigenvalue weighted by Gasteiger charge is -2.13. The number of aromatic nitrogens is 1. The quantitative estimate of drug-likeness (QED) is 0.426. The van der Waals surface area contributed by atoms with Crippen molar-refractivity contribution < 1.29 is 9.52 Å². The van der Waals surface area contributed by atoms with Crippen molar-refractivity contribution in [1.29, 1.82) is 0 Å². The number of pyridine rings is 1. The third-order valence-corrected chi connectivity index (χ3v) is 5.56. The first-order chi connectivity index (χ1) is 12.6. The zero-order valence-corrected chi connectivity index (χ0v) is 15.7.